The fourth-order valence-corrected chi connectivity index (χ4v) is 1.65. The largest absolute Gasteiger partial charge is 0.492 e. The number of azide groups is 1. The van der Waals surface area contributed by atoms with Gasteiger partial charge in [0.2, 0.25) is 0 Å². The van der Waals surface area contributed by atoms with E-state index in [9.17, 15) is 4.79 Å². The molecule has 0 saturated heterocycles. The van der Waals surface area contributed by atoms with E-state index in [-0.39, 0.29) is 5.78 Å². The van der Waals surface area contributed by atoms with E-state index in [1.165, 1.54) is 0 Å². The second kappa shape index (κ2) is 5.76. The van der Waals surface area contributed by atoms with Crippen molar-refractivity contribution in [1.29, 1.82) is 0 Å². The minimum atomic E-state index is 0.110. The van der Waals surface area contributed by atoms with Crippen LogP contribution in [0.3, 0.4) is 0 Å². The minimum Gasteiger partial charge on any atom is -0.492 e. The second-order valence-corrected chi connectivity index (χ2v) is 3.74. The maximum atomic E-state index is 11.6. The standard InChI is InChI=1S/C13H11N3O2/c14-16-15-7-2-1-3-10-4-5-11-12(17)6-8-18-13(11)9-10/h4-5,9H,2,6-8H2. The molecule has 0 atom stereocenters. The van der Waals surface area contributed by atoms with Crippen molar-refractivity contribution < 1.29 is 9.53 Å². The molecule has 2 rings (SSSR count). The Balaban J connectivity index is 2.11. The second-order valence-electron chi connectivity index (χ2n) is 3.74. The molecule has 0 bridgehead atoms. The molecule has 18 heavy (non-hydrogen) atoms. The van der Waals surface area contributed by atoms with Gasteiger partial charge in [-0.1, -0.05) is 17.0 Å². The summed E-state index contributed by atoms with van der Waals surface area (Å²) >= 11 is 0. The molecule has 90 valence electrons. The van der Waals surface area contributed by atoms with Crippen LogP contribution >= 0.6 is 0 Å². The van der Waals surface area contributed by atoms with Crippen LogP contribution in [-0.2, 0) is 0 Å². The molecule has 0 amide bonds. The number of rotatable bonds is 2. The first-order valence-corrected chi connectivity index (χ1v) is 5.61. The summed E-state index contributed by atoms with van der Waals surface area (Å²) in [7, 11) is 0. The molecule has 0 aliphatic carbocycles. The summed E-state index contributed by atoms with van der Waals surface area (Å²) < 4.78 is 5.42. The number of carbonyl (C=O) groups is 1. The third-order valence-corrected chi connectivity index (χ3v) is 2.50. The predicted molar refractivity (Wildman–Crippen MR) is 66.4 cm³/mol. The minimum absolute atomic E-state index is 0.110. The van der Waals surface area contributed by atoms with Crippen molar-refractivity contribution in [2.24, 2.45) is 5.11 Å². The number of ether oxygens (including phenoxy) is 1. The third kappa shape index (κ3) is 2.82. The highest BCUT2D eigenvalue weighted by Crippen LogP contribution is 2.25. The molecule has 0 fully saturated rings. The summed E-state index contributed by atoms with van der Waals surface area (Å²) in [5.74, 6) is 6.56. The van der Waals surface area contributed by atoms with Crippen molar-refractivity contribution in [3.63, 3.8) is 0 Å². The molecule has 0 N–H and O–H groups in total. The highest BCUT2D eigenvalue weighted by atomic mass is 16.5. The van der Waals surface area contributed by atoms with Crippen LogP contribution < -0.4 is 4.74 Å². The number of fused-ring (bicyclic) bond motifs is 1. The van der Waals surface area contributed by atoms with E-state index in [2.05, 4.69) is 21.9 Å². The molecule has 0 aromatic heterocycles. The number of hydrogen-bond donors (Lipinski definition) is 0. The fourth-order valence-electron chi connectivity index (χ4n) is 1.65. The molecule has 0 radical (unpaired) electrons. The van der Waals surface area contributed by atoms with Crippen molar-refractivity contribution in [1.82, 2.24) is 0 Å². The van der Waals surface area contributed by atoms with Gasteiger partial charge in [0.25, 0.3) is 0 Å². The number of ketones is 1. The van der Waals surface area contributed by atoms with E-state index < -0.39 is 0 Å². The van der Waals surface area contributed by atoms with Crippen molar-refractivity contribution >= 4 is 5.78 Å². The zero-order chi connectivity index (χ0) is 12.8. The summed E-state index contributed by atoms with van der Waals surface area (Å²) in [5.41, 5.74) is 9.52. The fraction of sp³-hybridized carbons (Fsp3) is 0.308. The summed E-state index contributed by atoms with van der Waals surface area (Å²) in [6.07, 6.45) is 0.950. The van der Waals surface area contributed by atoms with Crippen molar-refractivity contribution in [3.05, 3.63) is 39.8 Å². The van der Waals surface area contributed by atoms with Gasteiger partial charge in [-0.05, 0) is 23.7 Å². The van der Waals surface area contributed by atoms with Crippen molar-refractivity contribution in [2.45, 2.75) is 12.8 Å². The Labute approximate surface area is 104 Å². The van der Waals surface area contributed by atoms with E-state index in [1.54, 1.807) is 18.2 Å². The van der Waals surface area contributed by atoms with Crippen LogP contribution in [0.2, 0.25) is 0 Å². The van der Waals surface area contributed by atoms with E-state index in [1.807, 2.05) is 0 Å². The average molecular weight is 241 g/mol. The first-order valence-electron chi connectivity index (χ1n) is 5.61. The number of hydrogen-bond acceptors (Lipinski definition) is 3. The number of nitrogens with zero attached hydrogens (tertiary/aromatic N) is 3. The van der Waals surface area contributed by atoms with Crippen molar-refractivity contribution in [3.8, 4) is 17.6 Å². The monoisotopic (exact) mass is 241 g/mol. The molecular weight excluding hydrogens is 230 g/mol. The Morgan fingerprint density at radius 3 is 3.22 bits per heavy atom. The quantitative estimate of drug-likeness (QED) is 0.262. The van der Waals surface area contributed by atoms with Crippen LogP contribution in [0.4, 0.5) is 0 Å². The van der Waals surface area contributed by atoms with Crippen LogP contribution in [0.15, 0.2) is 23.3 Å². The summed E-state index contributed by atoms with van der Waals surface area (Å²) in [5, 5.41) is 3.39. The predicted octanol–water partition coefficient (Wildman–Crippen LogP) is 2.70. The molecule has 1 aliphatic heterocycles. The number of benzene rings is 1. The molecule has 1 aliphatic rings. The lowest BCUT2D eigenvalue weighted by Crippen LogP contribution is -2.15. The first kappa shape index (κ1) is 12.0. The average Bonchev–Trinajstić information content (AvgIpc) is 2.39. The molecule has 1 heterocycles. The molecule has 5 heteroatoms. The highest BCUT2D eigenvalue weighted by Gasteiger charge is 2.17. The lowest BCUT2D eigenvalue weighted by molar-refractivity contribution is 0.0933. The summed E-state index contributed by atoms with van der Waals surface area (Å²) in [4.78, 5) is 14.2. The Kier molecular flexibility index (Phi) is 3.85. The highest BCUT2D eigenvalue weighted by molar-refractivity contribution is 5.99. The number of Topliss-reactive ketones (excluding diaryl/α,β-unsaturated/α-hetero) is 1. The van der Waals surface area contributed by atoms with Crippen molar-refractivity contribution in [2.75, 3.05) is 13.2 Å². The van der Waals surface area contributed by atoms with Gasteiger partial charge in [0.05, 0.1) is 12.2 Å². The van der Waals surface area contributed by atoms with Crippen LogP contribution in [0.5, 0.6) is 5.75 Å². The van der Waals surface area contributed by atoms with E-state index in [0.29, 0.717) is 37.3 Å². The van der Waals surface area contributed by atoms with Gasteiger partial charge >= 0.3 is 0 Å². The normalized spacial score (nSPS) is 12.6. The first-order chi connectivity index (χ1) is 8.81. The smallest absolute Gasteiger partial charge is 0.169 e. The SMILES string of the molecule is [N-]=[N+]=NCCC#Cc1ccc2c(c1)OCCC2=O. The topological polar surface area (TPSA) is 75.1 Å². The zero-order valence-corrected chi connectivity index (χ0v) is 9.72. The van der Waals surface area contributed by atoms with Gasteiger partial charge in [-0.25, -0.2) is 0 Å². The lowest BCUT2D eigenvalue weighted by atomic mass is 10.0. The molecule has 0 saturated carbocycles. The summed E-state index contributed by atoms with van der Waals surface area (Å²) in [6.45, 7) is 0.795. The zero-order valence-electron chi connectivity index (χ0n) is 9.72. The van der Waals surface area contributed by atoms with E-state index in [4.69, 9.17) is 10.3 Å². The van der Waals surface area contributed by atoms with Gasteiger partial charge in [-0.2, -0.15) is 0 Å². The van der Waals surface area contributed by atoms with Crippen LogP contribution in [0.1, 0.15) is 28.8 Å². The molecule has 0 spiro atoms. The molecule has 5 nitrogen and oxygen atoms in total. The summed E-state index contributed by atoms with van der Waals surface area (Å²) in [6, 6.07) is 5.31. The molecule has 1 aromatic rings. The molecular formula is C13H11N3O2. The Morgan fingerprint density at radius 1 is 1.50 bits per heavy atom. The van der Waals surface area contributed by atoms with Gasteiger partial charge in [0, 0.05) is 29.9 Å². The third-order valence-electron chi connectivity index (χ3n) is 2.50. The van der Waals surface area contributed by atoms with Gasteiger partial charge in [-0.3, -0.25) is 4.79 Å². The van der Waals surface area contributed by atoms with Gasteiger partial charge in [0.1, 0.15) is 5.75 Å². The Hall–Kier alpha value is -2.44. The van der Waals surface area contributed by atoms with Crippen LogP contribution in [0.25, 0.3) is 10.4 Å². The van der Waals surface area contributed by atoms with Crippen LogP contribution in [-0.4, -0.2) is 18.9 Å². The Morgan fingerprint density at radius 2 is 2.39 bits per heavy atom. The maximum Gasteiger partial charge on any atom is 0.169 e. The number of carbonyl (C=O) groups excluding carboxylic acids is 1. The molecule has 1 aromatic carbocycles. The maximum absolute atomic E-state index is 11.6. The van der Waals surface area contributed by atoms with Gasteiger partial charge in [-0.15, -0.1) is 0 Å². The van der Waals surface area contributed by atoms with Gasteiger partial charge < -0.3 is 4.74 Å². The Bertz CT molecular complexity index is 578. The van der Waals surface area contributed by atoms with Crippen LogP contribution in [0, 0.1) is 11.8 Å². The van der Waals surface area contributed by atoms with Gasteiger partial charge in [0.15, 0.2) is 5.78 Å². The molecule has 0 unspecified atom stereocenters. The lowest BCUT2D eigenvalue weighted by Gasteiger charge is -2.15. The van der Waals surface area contributed by atoms with E-state index in [0.717, 1.165) is 5.56 Å². The van der Waals surface area contributed by atoms with E-state index >= 15 is 0 Å².